The molecule has 0 bridgehead atoms. The number of carbonyl (C=O) groups is 3. The Morgan fingerprint density at radius 2 is 1.86 bits per heavy atom. The van der Waals surface area contributed by atoms with Gasteiger partial charge >= 0.3 is 5.97 Å². The third-order valence-corrected chi connectivity index (χ3v) is 4.56. The second kappa shape index (κ2) is 8.66. The molecule has 1 heterocycles. The zero-order chi connectivity index (χ0) is 21.0. The number of hydrogen-bond donors (Lipinski definition) is 2. The van der Waals surface area contributed by atoms with E-state index in [9.17, 15) is 14.4 Å². The maximum atomic E-state index is 13.1. The Morgan fingerprint density at radius 1 is 1.17 bits per heavy atom. The van der Waals surface area contributed by atoms with Crippen LogP contribution in [0.1, 0.15) is 18.1 Å². The first-order valence-electron chi connectivity index (χ1n) is 8.84. The van der Waals surface area contributed by atoms with Crippen molar-refractivity contribution in [3.05, 3.63) is 65.2 Å². The molecule has 0 unspecified atom stereocenters. The van der Waals surface area contributed by atoms with E-state index in [1.54, 1.807) is 36.4 Å². The number of ether oxygens (including phenoxy) is 1. The van der Waals surface area contributed by atoms with Gasteiger partial charge in [-0.05, 0) is 48.5 Å². The lowest BCUT2D eigenvalue weighted by Crippen LogP contribution is -2.54. The fourth-order valence-electron chi connectivity index (χ4n) is 2.80. The van der Waals surface area contributed by atoms with Gasteiger partial charge in [-0.2, -0.15) is 0 Å². The van der Waals surface area contributed by atoms with Gasteiger partial charge in [0.2, 0.25) is 0 Å². The van der Waals surface area contributed by atoms with Gasteiger partial charge in [-0.25, -0.2) is 4.79 Å². The van der Waals surface area contributed by atoms with E-state index < -0.39 is 24.4 Å². The minimum atomic E-state index is -1.13. The average molecular weight is 410 g/mol. The number of rotatable bonds is 6. The fraction of sp³-hybridized carbons (Fsp3) is 0.143. The molecule has 7 nitrogen and oxygen atoms in total. The van der Waals surface area contributed by atoms with Crippen molar-refractivity contribution < 1.29 is 24.2 Å². The van der Waals surface area contributed by atoms with Gasteiger partial charge in [-0.15, -0.1) is 0 Å². The van der Waals surface area contributed by atoms with E-state index in [2.05, 4.69) is 5.32 Å². The Bertz CT molecular complexity index is 1010. The molecule has 0 radical (unpaired) electrons. The summed E-state index contributed by atoms with van der Waals surface area (Å²) in [7, 11) is 0. The molecule has 1 saturated heterocycles. The summed E-state index contributed by atoms with van der Waals surface area (Å²) in [5.74, 6) is -2.09. The first kappa shape index (κ1) is 20.2. The first-order chi connectivity index (χ1) is 13.9. The number of benzene rings is 2. The molecule has 2 aromatic rings. The Hall–Kier alpha value is -3.52. The number of carbonyl (C=O) groups excluding carboxylic acids is 2. The minimum absolute atomic E-state index is 0.00295. The number of para-hydroxylation sites is 1. The van der Waals surface area contributed by atoms with Gasteiger partial charge in [0.1, 0.15) is 11.3 Å². The van der Waals surface area contributed by atoms with Crippen molar-refractivity contribution in [1.29, 1.82) is 0 Å². The highest BCUT2D eigenvalue weighted by Gasteiger charge is 2.34. The van der Waals surface area contributed by atoms with Crippen LogP contribution in [0.3, 0.4) is 0 Å². The van der Waals surface area contributed by atoms with Crippen molar-refractivity contribution in [2.75, 3.05) is 11.5 Å². The highest BCUT2D eigenvalue weighted by Crippen LogP contribution is 2.25. The summed E-state index contributed by atoms with van der Waals surface area (Å²) in [6, 6.07) is 13.9. The Balaban J connectivity index is 1.96. The standard InChI is InChI=1S/C21H18N2O5S/c1-2-13-7-9-15(10-8-13)23-20(27)16(19(26)22-21(23)29)11-14-5-3-4-6-17(14)28-12-18(24)25/h3-11H,2,12H2,1H3,(H,24,25)(H,22,26,29)/b16-11+. The van der Waals surface area contributed by atoms with Gasteiger partial charge in [0.05, 0.1) is 5.69 Å². The van der Waals surface area contributed by atoms with Crippen molar-refractivity contribution in [3.8, 4) is 5.75 Å². The topological polar surface area (TPSA) is 95.9 Å². The van der Waals surface area contributed by atoms with E-state index >= 15 is 0 Å². The van der Waals surface area contributed by atoms with Gasteiger partial charge in [0.25, 0.3) is 11.8 Å². The quantitative estimate of drug-likeness (QED) is 0.432. The number of nitrogens with zero attached hydrogens (tertiary/aromatic N) is 1. The summed E-state index contributed by atoms with van der Waals surface area (Å²) in [4.78, 5) is 37.5. The van der Waals surface area contributed by atoms with Gasteiger partial charge < -0.3 is 9.84 Å². The van der Waals surface area contributed by atoms with Crippen LogP contribution in [0.4, 0.5) is 5.69 Å². The average Bonchev–Trinajstić information content (AvgIpc) is 2.70. The van der Waals surface area contributed by atoms with Crippen molar-refractivity contribution in [3.63, 3.8) is 0 Å². The lowest BCUT2D eigenvalue weighted by Gasteiger charge is -2.29. The third kappa shape index (κ3) is 4.49. The highest BCUT2D eigenvalue weighted by molar-refractivity contribution is 7.80. The van der Waals surface area contributed by atoms with Crippen LogP contribution in [0.2, 0.25) is 0 Å². The molecular formula is C21H18N2O5S. The van der Waals surface area contributed by atoms with E-state index in [0.717, 1.165) is 12.0 Å². The molecule has 2 amide bonds. The van der Waals surface area contributed by atoms with E-state index in [1.807, 2.05) is 19.1 Å². The second-order valence-electron chi connectivity index (χ2n) is 6.20. The Morgan fingerprint density at radius 3 is 2.52 bits per heavy atom. The van der Waals surface area contributed by atoms with Crippen LogP contribution >= 0.6 is 12.2 Å². The SMILES string of the molecule is CCc1ccc(N2C(=O)/C(=C/c3ccccc3OCC(=O)O)C(=O)NC2=S)cc1. The van der Waals surface area contributed by atoms with Crippen LogP contribution in [0.25, 0.3) is 6.08 Å². The van der Waals surface area contributed by atoms with E-state index in [1.165, 1.54) is 11.0 Å². The molecular weight excluding hydrogens is 392 g/mol. The smallest absolute Gasteiger partial charge is 0.341 e. The summed E-state index contributed by atoms with van der Waals surface area (Å²) in [5, 5.41) is 11.3. The maximum Gasteiger partial charge on any atom is 0.341 e. The number of nitrogens with one attached hydrogen (secondary N) is 1. The van der Waals surface area contributed by atoms with E-state index in [4.69, 9.17) is 22.1 Å². The molecule has 1 aliphatic heterocycles. The largest absolute Gasteiger partial charge is 0.481 e. The molecule has 29 heavy (non-hydrogen) atoms. The zero-order valence-corrected chi connectivity index (χ0v) is 16.4. The van der Waals surface area contributed by atoms with Gasteiger partial charge in [0, 0.05) is 5.56 Å². The molecule has 148 valence electrons. The zero-order valence-electron chi connectivity index (χ0n) is 15.5. The summed E-state index contributed by atoms with van der Waals surface area (Å²) in [5.41, 5.74) is 1.91. The van der Waals surface area contributed by atoms with Crippen molar-refractivity contribution in [2.24, 2.45) is 0 Å². The lowest BCUT2D eigenvalue weighted by atomic mass is 10.1. The molecule has 0 aromatic heterocycles. The van der Waals surface area contributed by atoms with Crippen molar-refractivity contribution >= 4 is 46.9 Å². The van der Waals surface area contributed by atoms with Crippen LogP contribution in [-0.4, -0.2) is 34.6 Å². The van der Waals surface area contributed by atoms with Crippen LogP contribution in [-0.2, 0) is 20.8 Å². The van der Waals surface area contributed by atoms with E-state index in [0.29, 0.717) is 11.3 Å². The van der Waals surface area contributed by atoms with Crippen LogP contribution in [0.5, 0.6) is 5.75 Å². The van der Waals surface area contributed by atoms with Crippen LogP contribution in [0, 0.1) is 0 Å². The summed E-state index contributed by atoms with van der Waals surface area (Å²) >= 11 is 5.19. The predicted molar refractivity (Wildman–Crippen MR) is 112 cm³/mol. The Kier molecular flexibility index (Phi) is 6.04. The number of thiocarbonyl (C=S) groups is 1. The number of amides is 2. The van der Waals surface area contributed by atoms with E-state index in [-0.39, 0.29) is 16.4 Å². The van der Waals surface area contributed by atoms with Gasteiger partial charge in [0.15, 0.2) is 11.7 Å². The maximum absolute atomic E-state index is 13.1. The third-order valence-electron chi connectivity index (χ3n) is 4.27. The lowest BCUT2D eigenvalue weighted by molar-refractivity contribution is -0.139. The first-order valence-corrected chi connectivity index (χ1v) is 9.25. The molecule has 2 aromatic carbocycles. The molecule has 3 rings (SSSR count). The molecule has 1 fully saturated rings. The number of carboxylic acids is 1. The number of anilines is 1. The summed E-state index contributed by atoms with van der Waals surface area (Å²) in [6.45, 7) is 1.48. The molecule has 0 saturated carbocycles. The monoisotopic (exact) mass is 410 g/mol. The Labute approximate surface area is 172 Å². The molecule has 0 spiro atoms. The molecule has 0 atom stereocenters. The number of hydrogen-bond acceptors (Lipinski definition) is 5. The highest BCUT2D eigenvalue weighted by atomic mass is 32.1. The summed E-state index contributed by atoms with van der Waals surface area (Å²) in [6.07, 6.45) is 2.22. The van der Waals surface area contributed by atoms with Crippen molar-refractivity contribution in [2.45, 2.75) is 13.3 Å². The van der Waals surface area contributed by atoms with Crippen LogP contribution in [0.15, 0.2) is 54.1 Å². The fourth-order valence-corrected chi connectivity index (χ4v) is 3.08. The van der Waals surface area contributed by atoms with Crippen LogP contribution < -0.4 is 15.0 Å². The number of aliphatic carboxylic acids is 1. The molecule has 1 aliphatic rings. The molecule has 8 heteroatoms. The minimum Gasteiger partial charge on any atom is -0.481 e. The molecule has 2 N–H and O–H groups in total. The second-order valence-corrected chi connectivity index (χ2v) is 6.58. The van der Waals surface area contributed by atoms with Crippen molar-refractivity contribution in [1.82, 2.24) is 5.32 Å². The normalized spacial score (nSPS) is 15.4. The molecule has 0 aliphatic carbocycles. The summed E-state index contributed by atoms with van der Waals surface area (Å²) < 4.78 is 5.24. The van der Waals surface area contributed by atoms with Gasteiger partial charge in [-0.3, -0.25) is 19.8 Å². The predicted octanol–water partition coefficient (Wildman–Crippen LogP) is 2.54. The van der Waals surface area contributed by atoms with Gasteiger partial charge in [-0.1, -0.05) is 37.3 Å². The number of aryl methyl sites for hydroxylation is 1. The number of carboxylic acid groups (broad SMARTS) is 1.